The van der Waals surface area contributed by atoms with Gasteiger partial charge in [0.2, 0.25) is 5.91 Å². The van der Waals surface area contributed by atoms with Crippen molar-refractivity contribution in [3.63, 3.8) is 0 Å². The molecule has 1 amide bonds. The standard InChI is InChI=1S/C10H9BrClN5O3S/c11-6-1-8(10(12)14-2-6)21(19,20)16-7-3-15-17(4-7)5-9(13)18/h1-4,16H,5H2,(H2,13,18). The number of hydrogen-bond donors (Lipinski definition) is 2. The minimum atomic E-state index is -3.93. The van der Waals surface area contributed by atoms with Crippen molar-refractivity contribution < 1.29 is 13.2 Å². The van der Waals surface area contributed by atoms with Gasteiger partial charge in [-0.25, -0.2) is 13.4 Å². The highest BCUT2D eigenvalue weighted by Gasteiger charge is 2.20. The predicted molar refractivity (Wildman–Crippen MR) is 79.2 cm³/mol. The zero-order chi connectivity index (χ0) is 15.6. The fourth-order valence-electron chi connectivity index (χ4n) is 1.47. The lowest BCUT2D eigenvalue weighted by Crippen LogP contribution is -2.18. The van der Waals surface area contributed by atoms with Crippen molar-refractivity contribution in [2.45, 2.75) is 11.4 Å². The first-order chi connectivity index (χ1) is 9.78. The number of aromatic nitrogens is 3. The van der Waals surface area contributed by atoms with E-state index in [9.17, 15) is 13.2 Å². The monoisotopic (exact) mass is 393 g/mol. The van der Waals surface area contributed by atoms with Crippen LogP contribution in [0.5, 0.6) is 0 Å². The molecule has 0 aliphatic carbocycles. The highest BCUT2D eigenvalue weighted by Crippen LogP contribution is 2.24. The van der Waals surface area contributed by atoms with Gasteiger partial charge in [0.25, 0.3) is 10.0 Å². The summed E-state index contributed by atoms with van der Waals surface area (Å²) in [5.74, 6) is -0.591. The third-order valence-electron chi connectivity index (χ3n) is 2.27. The molecule has 0 spiro atoms. The summed E-state index contributed by atoms with van der Waals surface area (Å²) in [7, 11) is -3.93. The van der Waals surface area contributed by atoms with E-state index in [0.717, 1.165) is 0 Å². The Morgan fingerprint density at radius 2 is 2.19 bits per heavy atom. The number of nitrogens with one attached hydrogen (secondary N) is 1. The van der Waals surface area contributed by atoms with Crippen LogP contribution in [0.2, 0.25) is 5.15 Å². The number of nitrogens with zero attached hydrogens (tertiary/aromatic N) is 3. The van der Waals surface area contributed by atoms with E-state index >= 15 is 0 Å². The molecule has 3 N–H and O–H groups in total. The Morgan fingerprint density at radius 1 is 1.48 bits per heavy atom. The van der Waals surface area contributed by atoms with Crippen LogP contribution in [0, 0.1) is 0 Å². The molecule has 0 aliphatic rings. The maximum atomic E-state index is 12.2. The molecule has 0 fully saturated rings. The van der Waals surface area contributed by atoms with Crippen LogP contribution in [0.4, 0.5) is 5.69 Å². The number of halogens is 2. The van der Waals surface area contributed by atoms with Gasteiger partial charge in [0.05, 0.1) is 11.9 Å². The molecule has 2 aromatic rings. The molecule has 11 heteroatoms. The minimum Gasteiger partial charge on any atom is -0.368 e. The largest absolute Gasteiger partial charge is 0.368 e. The minimum absolute atomic E-state index is 0.152. The van der Waals surface area contributed by atoms with Crippen molar-refractivity contribution >= 4 is 49.1 Å². The van der Waals surface area contributed by atoms with Gasteiger partial charge in [-0.2, -0.15) is 5.10 Å². The quantitative estimate of drug-likeness (QED) is 0.732. The van der Waals surface area contributed by atoms with E-state index in [0.29, 0.717) is 4.47 Å². The van der Waals surface area contributed by atoms with Gasteiger partial charge >= 0.3 is 0 Å². The van der Waals surface area contributed by atoms with E-state index in [4.69, 9.17) is 17.3 Å². The van der Waals surface area contributed by atoms with Crippen LogP contribution in [0.25, 0.3) is 0 Å². The van der Waals surface area contributed by atoms with E-state index < -0.39 is 15.9 Å². The number of sulfonamides is 1. The molecule has 2 aromatic heterocycles. The number of rotatable bonds is 5. The maximum Gasteiger partial charge on any atom is 0.265 e. The molecule has 0 aromatic carbocycles. The van der Waals surface area contributed by atoms with E-state index in [-0.39, 0.29) is 22.3 Å². The number of amides is 1. The van der Waals surface area contributed by atoms with Gasteiger partial charge in [0.1, 0.15) is 16.6 Å². The van der Waals surface area contributed by atoms with Crippen molar-refractivity contribution in [2.75, 3.05) is 4.72 Å². The number of anilines is 1. The lowest BCUT2D eigenvalue weighted by atomic mass is 10.5. The van der Waals surface area contributed by atoms with Crippen molar-refractivity contribution in [1.29, 1.82) is 0 Å². The van der Waals surface area contributed by atoms with Crippen LogP contribution < -0.4 is 10.5 Å². The van der Waals surface area contributed by atoms with Gasteiger partial charge in [-0.05, 0) is 22.0 Å². The highest BCUT2D eigenvalue weighted by molar-refractivity contribution is 9.10. The van der Waals surface area contributed by atoms with Crippen molar-refractivity contribution in [1.82, 2.24) is 14.8 Å². The maximum absolute atomic E-state index is 12.2. The third-order valence-corrected chi connectivity index (χ3v) is 4.51. The number of hydrogen-bond acceptors (Lipinski definition) is 5. The molecule has 21 heavy (non-hydrogen) atoms. The molecule has 0 bridgehead atoms. The molecule has 0 unspecified atom stereocenters. The molecule has 2 heterocycles. The van der Waals surface area contributed by atoms with Crippen LogP contribution >= 0.6 is 27.5 Å². The SMILES string of the molecule is NC(=O)Cn1cc(NS(=O)(=O)c2cc(Br)cnc2Cl)cn1. The zero-order valence-electron chi connectivity index (χ0n) is 10.3. The molecule has 0 atom stereocenters. The molecule has 0 saturated heterocycles. The molecule has 8 nitrogen and oxygen atoms in total. The second kappa shape index (κ2) is 6.00. The lowest BCUT2D eigenvalue weighted by molar-refractivity contribution is -0.118. The summed E-state index contributed by atoms with van der Waals surface area (Å²) in [6.07, 6.45) is 3.97. The lowest BCUT2D eigenvalue weighted by Gasteiger charge is -2.07. The summed E-state index contributed by atoms with van der Waals surface area (Å²) in [4.78, 5) is 14.3. The first kappa shape index (κ1) is 15.7. The molecule has 0 radical (unpaired) electrons. The first-order valence-electron chi connectivity index (χ1n) is 5.42. The Kier molecular flexibility index (Phi) is 4.49. The van der Waals surface area contributed by atoms with E-state index in [1.807, 2.05) is 0 Å². The van der Waals surface area contributed by atoms with Crippen LogP contribution in [0.1, 0.15) is 0 Å². The van der Waals surface area contributed by atoms with Crippen molar-refractivity contribution in [2.24, 2.45) is 5.73 Å². The predicted octanol–water partition coefficient (Wildman–Crippen LogP) is 0.980. The second-order valence-electron chi connectivity index (χ2n) is 3.94. The van der Waals surface area contributed by atoms with Crippen molar-refractivity contribution in [3.05, 3.63) is 34.3 Å². The van der Waals surface area contributed by atoms with Crippen LogP contribution in [-0.2, 0) is 21.4 Å². The highest BCUT2D eigenvalue weighted by atomic mass is 79.9. The average Bonchev–Trinajstić information content (AvgIpc) is 2.77. The second-order valence-corrected chi connectivity index (χ2v) is 6.87. The topological polar surface area (TPSA) is 120 Å². The Hall–Kier alpha value is -1.65. The Bertz CT molecular complexity index is 792. The average molecular weight is 395 g/mol. The van der Waals surface area contributed by atoms with Crippen LogP contribution in [0.3, 0.4) is 0 Å². The molecule has 0 aliphatic heterocycles. The van der Waals surface area contributed by atoms with Gasteiger partial charge in [-0.3, -0.25) is 14.2 Å². The Morgan fingerprint density at radius 3 is 2.86 bits per heavy atom. The van der Waals surface area contributed by atoms with Gasteiger partial charge in [0, 0.05) is 16.9 Å². The van der Waals surface area contributed by atoms with Gasteiger partial charge < -0.3 is 5.73 Å². The summed E-state index contributed by atoms with van der Waals surface area (Å²) in [6, 6.07) is 1.32. The van der Waals surface area contributed by atoms with Gasteiger partial charge in [0.15, 0.2) is 0 Å². The molecule has 2 rings (SSSR count). The van der Waals surface area contributed by atoms with Crippen LogP contribution in [-0.4, -0.2) is 29.1 Å². The summed E-state index contributed by atoms with van der Waals surface area (Å²) < 4.78 is 28.4. The van der Waals surface area contributed by atoms with Gasteiger partial charge in [-0.1, -0.05) is 11.6 Å². The number of carbonyl (C=O) groups excluding carboxylic acids is 1. The number of pyridine rings is 1. The van der Waals surface area contributed by atoms with Crippen LogP contribution in [0.15, 0.2) is 34.0 Å². The molecular weight excluding hydrogens is 386 g/mol. The number of nitrogens with two attached hydrogens (primary N) is 1. The fourth-order valence-corrected chi connectivity index (χ4v) is 3.44. The Labute approximate surface area is 133 Å². The number of primary amides is 1. The fraction of sp³-hybridized carbons (Fsp3) is 0.100. The molecular formula is C10H9BrClN5O3S. The Balaban J connectivity index is 2.27. The summed E-state index contributed by atoms with van der Waals surface area (Å²) in [5, 5.41) is 3.65. The molecule has 112 valence electrons. The van der Waals surface area contributed by atoms with Crippen molar-refractivity contribution in [3.8, 4) is 0 Å². The third kappa shape index (κ3) is 3.93. The number of carbonyl (C=O) groups is 1. The van der Waals surface area contributed by atoms with E-state index in [1.165, 1.54) is 29.3 Å². The molecule has 0 saturated carbocycles. The summed E-state index contributed by atoms with van der Waals surface area (Å²) >= 11 is 8.91. The first-order valence-corrected chi connectivity index (χ1v) is 8.08. The van der Waals surface area contributed by atoms with E-state index in [1.54, 1.807) is 0 Å². The van der Waals surface area contributed by atoms with E-state index in [2.05, 4.69) is 30.7 Å². The summed E-state index contributed by atoms with van der Waals surface area (Å²) in [6.45, 7) is -0.152. The zero-order valence-corrected chi connectivity index (χ0v) is 13.5. The summed E-state index contributed by atoms with van der Waals surface area (Å²) in [5.41, 5.74) is 5.19. The normalized spacial score (nSPS) is 11.3. The smallest absolute Gasteiger partial charge is 0.265 e. The van der Waals surface area contributed by atoms with Gasteiger partial charge in [-0.15, -0.1) is 0 Å².